The fraction of sp³-hybridized carbons (Fsp3) is 0.275. The SMILES string of the molecule is CC(C)(C)c1ccc2c(c1)[cH-]c1cc(C(C)(C)C)ccc12.[C-]1=CC=CC1.[Zr+2].c1ccc(C[Si]Cc2ccccc2)cc1. The first-order chi connectivity index (χ1) is 19.6. The molecule has 0 atom stereocenters. The van der Waals surface area contributed by atoms with Gasteiger partial charge in [-0.25, -0.2) is 12.2 Å². The first kappa shape index (κ1) is 33.8. The predicted molar refractivity (Wildman–Crippen MR) is 182 cm³/mol. The first-order valence-corrected chi connectivity index (χ1v) is 16.2. The van der Waals surface area contributed by atoms with Crippen molar-refractivity contribution < 1.29 is 26.2 Å². The number of fused-ring (bicyclic) bond motifs is 3. The van der Waals surface area contributed by atoms with Gasteiger partial charge < -0.3 is 0 Å². The van der Waals surface area contributed by atoms with Crippen molar-refractivity contribution >= 4 is 31.1 Å². The second-order valence-electron chi connectivity index (χ2n) is 12.8. The fourth-order valence-corrected chi connectivity index (χ4v) is 6.01. The maximum Gasteiger partial charge on any atom is 2.00 e. The summed E-state index contributed by atoms with van der Waals surface area (Å²) in [6, 6.07) is 40.0. The van der Waals surface area contributed by atoms with Gasteiger partial charge in [-0.3, -0.25) is 6.08 Å². The molecule has 0 unspecified atom stereocenters. The summed E-state index contributed by atoms with van der Waals surface area (Å²) in [5, 5.41) is 5.48. The van der Waals surface area contributed by atoms with Crippen LogP contribution < -0.4 is 0 Å². The van der Waals surface area contributed by atoms with Crippen LogP contribution in [0.3, 0.4) is 0 Å². The number of benzene rings is 4. The molecule has 0 heterocycles. The van der Waals surface area contributed by atoms with Gasteiger partial charge in [-0.2, -0.15) is 6.08 Å². The summed E-state index contributed by atoms with van der Waals surface area (Å²) in [5.41, 5.74) is 6.11. The average molecular weight is 644 g/mol. The van der Waals surface area contributed by atoms with Crippen LogP contribution in [0.4, 0.5) is 0 Å². The molecule has 1 aliphatic carbocycles. The van der Waals surface area contributed by atoms with Crippen LogP contribution in [0.5, 0.6) is 0 Å². The van der Waals surface area contributed by atoms with Crippen molar-refractivity contribution in [1.29, 1.82) is 0 Å². The van der Waals surface area contributed by atoms with Crippen molar-refractivity contribution in [2.75, 3.05) is 0 Å². The van der Waals surface area contributed by atoms with Crippen LogP contribution in [-0.4, -0.2) is 9.52 Å². The molecule has 5 aromatic rings. The van der Waals surface area contributed by atoms with Gasteiger partial charge in [-0.15, -0.1) is 46.2 Å². The monoisotopic (exact) mass is 642 g/mol. The van der Waals surface area contributed by atoms with Crippen molar-refractivity contribution in [3.63, 3.8) is 0 Å². The minimum atomic E-state index is 0. The summed E-state index contributed by atoms with van der Waals surface area (Å²) < 4.78 is 0. The molecule has 0 bridgehead atoms. The second-order valence-corrected chi connectivity index (χ2v) is 14.0. The van der Waals surface area contributed by atoms with Gasteiger partial charge in [0.05, 0.1) is 0 Å². The quantitative estimate of drug-likeness (QED) is 0.135. The Morgan fingerprint density at radius 3 is 1.43 bits per heavy atom. The molecule has 0 spiro atoms. The molecule has 0 saturated carbocycles. The molecule has 6 rings (SSSR count). The molecule has 2 radical (unpaired) electrons. The van der Waals surface area contributed by atoms with Gasteiger partial charge in [0.1, 0.15) is 0 Å². The number of rotatable bonds is 4. The third kappa shape index (κ3) is 9.96. The summed E-state index contributed by atoms with van der Waals surface area (Å²) in [4.78, 5) is 0. The number of allylic oxidation sites excluding steroid dienone is 4. The minimum Gasteiger partial charge on any atom is -0.273 e. The van der Waals surface area contributed by atoms with E-state index in [-0.39, 0.29) is 37.0 Å². The molecule has 0 N–H and O–H groups in total. The van der Waals surface area contributed by atoms with Crippen molar-refractivity contribution in [3.8, 4) is 0 Å². The van der Waals surface area contributed by atoms with Crippen LogP contribution in [0.25, 0.3) is 21.5 Å². The smallest absolute Gasteiger partial charge is 0.273 e. The molecule has 0 aromatic heterocycles. The Morgan fingerprint density at radius 2 is 1.10 bits per heavy atom. The zero-order valence-electron chi connectivity index (χ0n) is 26.2. The zero-order chi connectivity index (χ0) is 29.3. The van der Waals surface area contributed by atoms with Crippen molar-refractivity contribution in [2.45, 2.75) is 70.9 Å². The second kappa shape index (κ2) is 15.7. The van der Waals surface area contributed by atoms with E-state index in [0.717, 1.165) is 15.9 Å². The average Bonchev–Trinajstić information content (AvgIpc) is 3.65. The summed E-state index contributed by atoms with van der Waals surface area (Å²) in [6.45, 7) is 13.6. The van der Waals surface area contributed by atoms with Gasteiger partial charge in [-0.05, 0) is 22.9 Å². The molecule has 0 amide bonds. The molecule has 0 fully saturated rings. The molecule has 0 saturated heterocycles. The van der Waals surface area contributed by atoms with Crippen LogP contribution in [0.2, 0.25) is 0 Å². The van der Waals surface area contributed by atoms with Crippen molar-refractivity contribution in [2.24, 2.45) is 0 Å². The molecule has 0 nitrogen and oxygen atoms in total. The molecule has 2 heteroatoms. The summed E-state index contributed by atoms with van der Waals surface area (Å²) in [7, 11) is 0.987. The van der Waals surface area contributed by atoms with E-state index in [1.807, 2.05) is 12.2 Å². The van der Waals surface area contributed by atoms with Crippen LogP contribution in [0, 0.1) is 6.08 Å². The number of hydrogen-bond donors (Lipinski definition) is 0. The van der Waals surface area contributed by atoms with E-state index < -0.39 is 0 Å². The maximum absolute atomic E-state index is 2.99. The van der Waals surface area contributed by atoms with Crippen LogP contribution >= 0.6 is 0 Å². The Hall–Kier alpha value is -2.67. The Labute approximate surface area is 276 Å². The standard InChI is InChI=1S/C21H25.C14H14Si.C5H5.Zr/c1-20(2,3)16-7-9-18-14(12-16)11-15-13-17(21(4,5)6)8-10-19(15)18;1-3-7-13(8-4-1)11-15-12-14-9-5-2-6-10-14;1-2-4-5-3-1;/h7-13H,1-6H3;1-10H,11-12H2;1-3H,4H2;/q-1;;-1;+2. The van der Waals surface area contributed by atoms with Crippen molar-refractivity contribution in [1.82, 2.24) is 0 Å². The van der Waals surface area contributed by atoms with Crippen molar-refractivity contribution in [3.05, 3.63) is 150 Å². The van der Waals surface area contributed by atoms with Crippen LogP contribution in [-0.2, 0) is 49.1 Å². The third-order valence-electron chi connectivity index (χ3n) is 7.37. The van der Waals surface area contributed by atoms with Crippen LogP contribution in [0.15, 0.2) is 121 Å². The summed E-state index contributed by atoms with van der Waals surface area (Å²) in [5.74, 6) is 0. The molecule has 1 aliphatic rings. The molecular formula is C40H44SiZr. The molecule has 0 aliphatic heterocycles. The largest absolute Gasteiger partial charge is 2.00 e. The third-order valence-corrected chi connectivity index (χ3v) is 8.68. The van der Waals surface area contributed by atoms with E-state index >= 15 is 0 Å². The van der Waals surface area contributed by atoms with E-state index in [9.17, 15) is 0 Å². The van der Waals surface area contributed by atoms with E-state index in [1.54, 1.807) is 0 Å². The number of hydrogen-bond acceptors (Lipinski definition) is 0. The Balaban J connectivity index is 0.000000201. The van der Waals surface area contributed by atoms with E-state index in [1.165, 1.54) is 55.9 Å². The Morgan fingerprint density at radius 1 is 0.643 bits per heavy atom. The maximum atomic E-state index is 2.99. The topological polar surface area (TPSA) is 0 Å². The molecule has 5 aromatic carbocycles. The Kier molecular flexibility index (Phi) is 12.6. The first-order valence-electron chi connectivity index (χ1n) is 14.8. The molecular weight excluding hydrogens is 600 g/mol. The Bertz CT molecular complexity index is 1460. The van der Waals surface area contributed by atoms with Gasteiger partial charge in [0.2, 0.25) is 0 Å². The van der Waals surface area contributed by atoms with Gasteiger partial charge in [-0.1, -0.05) is 149 Å². The van der Waals surface area contributed by atoms with Gasteiger partial charge in [0.25, 0.3) is 0 Å². The van der Waals surface area contributed by atoms with Gasteiger partial charge in [0.15, 0.2) is 0 Å². The predicted octanol–water partition coefficient (Wildman–Crippen LogP) is 10.7. The zero-order valence-corrected chi connectivity index (χ0v) is 29.6. The van der Waals surface area contributed by atoms with Gasteiger partial charge >= 0.3 is 26.2 Å². The van der Waals surface area contributed by atoms with E-state index in [4.69, 9.17) is 0 Å². The summed E-state index contributed by atoms with van der Waals surface area (Å²) in [6.07, 6.45) is 10.0. The molecule has 42 heavy (non-hydrogen) atoms. The van der Waals surface area contributed by atoms with E-state index in [0.29, 0.717) is 0 Å². The molecule has 212 valence electrons. The minimum absolute atomic E-state index is 0. The normalized spacial score (nSPS) is 12.3. The fourth-order valence-electron chi connectivity index (χ4n) is 4.84. The van der Waals surface area contributed by atoms with Gasteiger partial charge in [0, 0.05) is 9.52 Å². The van der Waals surface area contributed by atoms with E-state index in [2.05, 4.69) is 157 Å². The van der Waals surface area contributed by atoms with Crippen LogP contribution in [0.1, 0.15) is 70.2 Å². The summed E-state index contributed by atoms with van der Waals surface area (Å²) >= 11 is 0.